The highest BCUT2D eigenvalue weighted by molar-refractivity contribution is 7.91. The molecule has 1 aromatic rings. The van der Waals surface area contributed by atoms with E-state index in [4.69, 9.17) is 5.73 Å². The average molecular weight is 272 g/mol. The molecule has 0 spiro atoms. The van der Waals surface area contributed by atoms with Gasteiger partial charge in [-0.1, -0.05) is 0 Å². The van der Waals surface area contributed by atoms with Crippen molar-refractivity contribution >= 4 is 21.6 Å². The van der Waals surface area contributed by atoms with Crippen molar-refractivity contribution in [2.75, 3.05) is 23.8 Å². The Labute approximate surface area is 105 Å². The molecule has 0 aliphatic carbocycles. The average Bonchev–Trinajstić information content (AvgIpc) is 2.62. The number of nitrogens with zero attached hydrogens (tertiary/aromatic N) is 3. The predicted octanol–water partition coefficient (Wildman–Crippen LogP) is -0.889. The molecule has 1 saturated heterocycles. The third kappa shape index (κ3) is 2.81. The Balaban J connectivity index is 2.02. The summed E-state index contributed by atoms with van der Waals surface area (Å²) in [6.45, 7) is 2.08. The number of hydrogen-bond donors (Lipinski definition) is 1. The minimum Gasteiger partial charge on any atom is -0.382 e. The van der Waals surface area contributed by atoms with E-state index in [1.165, 1.54) is 4.68 Å². The summed E-state index contributed by atoms with van der Waals surface area (Å²) in [5, 5.41) is 3.93. The highest BCUT2D eigenvalue weighted by atomic mass is 32.2. The Bertz CT molecular complexity index is 551. The van der Waals surface area contributed by atoms with Gasteiger partial charge >= 0.3 is 0 Å². The van der Waals surface area contributed by atoms with Crippen molar-refractivity contribution in [3.63, 3.8) is 0 Å². The maximum Gasteiger partial charge on any atom is 0.244 e. The van der Waals surface area contributed by atoms with E-state index < -0.39 is 9.84 Å². The molecule has 7 nitrogen and oxygen atoms in total. The number of nitrogens with two attached hydrogens (primary N) is 1. The number of carbonyl (C=O) groups is 1. The van der Waals surface area contributed by atoms with Crippen LogP contribution in [0.5, 0.6) is 0 Å². The predicted molar refractivity (Wildman–Crippen MR) is 66.5 cm³/mol. The largest absolute Gasteiger partial charge is 0.382 e. The standard InChI is InChI=1S/C10H16N4O3S/c1-8-7-18(16,17)5-4-14(8)10(15)6-13-3-2-9(11)12-13/h2-3,8H,4-7H2,1H3,(H2,11,12). The molecule has 2 heterocycles. The SMILES string of the molecule is CC1CS(=O)(=O)CCN1C(=O)Cn1ccc(N)n1. The molecule has 1 aliphatic rings. The lowest BCUT2D eigenvalue weighted by atomic mass is 10.3. The fourth-order valence-electron chi connectivity index (χ4n) is 2.06. The van der Waals surface area contributed by atoms with Crippen LogP contribution in [0.2, 0.25) is 0 Å². The molecule has 100 valence electrons. The third-order valence-corrected chi connectivity index (χ3v) is 4.74. The summed E-state index contributed by atoms with van der Waals surface area (Å²) in [4.78, 5) is 13.6. The van der Waals surface area contributed by atoms with Crippen LogP contribution < -0.4 is 5.73 Å². The highest BCUT2D eigenvalue weighted by Crippen LogP contribution is 2.12. The van der Waals surface area contributed by atoms with E-state index in [0.29, 0.717) is 5.82 Å². The molecule has 2 N–H and O–H groups in total. The molecule has 1 amide bonds. The Morgan fingerprint density at radius 2 is 2.33 bits per heavy atom. The van der Waals surface area contributed by atoms with Crippen molar-refractivity contribution in [3.8, 4) is 0 Å². The Morgan fingerprint density at radius 1 is 1.61 bits per heavy atom. The second kappa shape index (κ2) is 4.60. The first kappa shape index (κ1) is 12.9. The third-order valence-electron chi connectivity index (χ3n) is 2.95. The number of amides is 1. The van der Waals surface area contributed by atoms with Gasteiger partial charge in [-0.05, 0) is 13.0 Å². The van der Waals surface area contributed by atoms with E-state index in [-0.39, 0.29) is 36.5 Å². The van der Waals surface area contributed by atoms with Gasteiger partial charge in [0, 0.05) is 18.8 Å². The van der Waals surface area contributed by atoms with Crippen LogP contribution in [-0.4, -0.2) is 53.1 Å². The molecule has 0 aromatic carbocycles. The number of carbonyl (C=O) groups excluding carboxylic acids is 1. The van der Waals surface area contributed by atoms with Gasteiger partial charge in [0.2, 0.25) is 5.91 Å². The first-order valence-electron chi connectivity index (χ1n) is 5.66. The van der Waals surface area contributed by atoms with Crippen LogP contribution in [0.3, 0.4) is 0 Å². The molecule has 1 atom stereocenters. The first-order valence-corrected chi connectivity index (χ1v) is 7.48. The molecule has 0 saturated carbocycles. The van der Waals surface area contributed by atoms with Crippen LogP contribution in [0.15, 0.2) is 12.3 Å². The number of sulfone groups is 1. The Hall–Kier alpha value is -1.57. The summed E-state index contributed by atoms with van der Waals surface area (Å²) >= 11 is 0. The zero-order valence-corrected chi connectivity index (χ0v) is 10.9. The van der Waals surface area contributed by atoms with Crippen molar-refractivity contribution in [3.05, 3.63) is 12.3 Å². The lowest BCUT2D eigenvalue weighted by Gasteiger charge is -2.33. The summed E-state index contributed by atoms with van der Waals surface area (Å²) in [5.41, 5.74) is 5.46. The van der Waals surface area contributed by atoms with Crippen molar-refractivity contribution in [2.45, 2.75) is 19.5 Å². The summed E-state index contributed by atoms with van der Waals surface area (Å²) in [6, 6.07) is 1.32. The molecular formula is C10H16N4O3S. The molecule has 2 rings (SSSR count). The zero-order valence-electron chi connectivity index (χ0n) is 10.1. The smallest absolute Gasteiger partial charge is 0.244 e. The zero-order chi connectivity index (χ0) is 13.3. The molecule has 1 aromatic heterocycles. The van der Waals surface area contributed by atoms with Crippen LogP contribution in [0.25, 0.3) is 0 Å². The van der Waals surface area contributed by atoms with Crippen molar-refractivity contribution in [2.24, 2.45) is 0 Å². The summed E-state index contributed by atoms with van der Waals surface area (Å²) in [7, 11) is -3.00. The molecule has 1 aliphatic heterocycles. The van der Waals surface area contributed by atoms with Gasteiger partial charge in [0.05, 0.1) is 11.5 Å². The van der Waals surface area contributed by atoms with Gasteiger partial charge in [0.1, 0.15) is 12.4 Å². The highest BCUT2D eigenvalue weighted by Gasteiger charge is 2.31. The lowest BCUT2D eigenvalue weighted by Crippen LogP contribution is -2.50. The number of hydrogen-bond acceptors (Lipinski definition) is 5. The van der Waals surface area contributed by atoms with E-state index in [9.17, 15) is 13.2 Å². The summed E-state index contributed by atoms with van der Waals surface area (Å²) in [6.07, 6.45) is 1.62. The molecule has 0 bridgehead atoms. The monoisotopic (exact) mass is 272 g/mol. The topological polar surface area (TPSA) is 98.3 Å². The molecule has 18 heavy (non-hydrogen) atoms. The van der Waals surface area contributed by atoms with E-state index in [1.54, 1.807) is 24.1 Å². The van der Waals surface area contributed by atoms with Gasteiger partial charge < -0.3 is 10.6 Å². The quantitative estimate of drug-likeness (QED) is 0.753. The van der Waals surface area contributed by atoms with Crippen molar-refractivity contribution in [1.29, 1.82) is 0 Å². The minimum absolute atomic E-state index is 0.0278. The van der Waals surface area contributed by atoms with Gasteiger partial charge in [-0.25, -0.2) is 8.42 Å². The van der Waals surface area contributed by atoms with Crippen LogP contribution in [0, 0.1) is 0 Å². The summed E-state index contributed by atoms with van der Waals surface area (Å²) in [5.74, 6) is 0.280. The molecule has 8 heteroatoms. The number of rotatable bonds is 2. The maximum absolute atomic E-state index is 12.0. The Morgan fingerprint density at radius 3 is 2.89 bits per heavy atom. The molecule has 1 unspecified atom stereocenters. The number of aromatic nitrogens is 2. The number of nitrogen functional groups attached to an aromatic ring is 1. The van der Waals surface area contributed by atoms with Gasteiger partial charge in [-0.3, -0.25) is 9.48 Å². The van der Waals surface area contributed by atoms with Crippen LogP contribution in [0.1, 0.15) is 6.92 Å². The fraction of sp³-hybridized carbons (Fsp3) is 0.600. The number of anilines is 1. The normalized spacial score (nSPS) is 22.9. The van der Waals surface area contributed by atoms with Crippen LogP contribution in [0.4, 0.5) is 5.82 Å². The second-order valence-electron chi connectivity index (χ2n) is 4.49. The summed E-state index contributed by atoms with van der Waals surface area (Å²) < 4.78 is 24.3. The molecular weight excluding hydrogens is 256 g/mol. The van der Waals surface area contributed by atoms with Crippen LogP contribution in [-0.2, 0) is 21.2 Å². The second-order valence-corrected chi connectivity index (χ2v) is 6.72. The van der Waals surface area contributed by atoms with E-state index in [2.05, 4.69) is 5.10 Å². The fourth-order valence-corrected chi connectivity index (χ4v) is 3.62. The van der Waals surface area contributed by atoms with Gasteiger partial charge in [-0.2, -0.15) is 5.10 Å². The van der Waals surface area contributed by atoms with E-state index in [0.717, 1.165) is 0 Å². The van der Waals surface area contributed by atoms with Crippen molar-refractivity contribution in [1.82, 2.24) is 14.7 Å². The van der Waals surface area contributed by atoms with Gasteiger partial charge in [-0.15, -0.1) is 0 Å². The van der Waals surface area contributed by atoms with E-state index in [1.807, 2.05) is 0 Å². The molecule has 0 radical (unpaired) electrons. The van der Waals surface area contributed by atoms with Crippen LogP contribution >= 0.6 is 0 Å². The van der Waals surface area contributed by atoms with Gasteiger partial charge in [0.25, 0.3) is 0 Å². The van der Waals surface area contributed by atoms with Crippen molar-refractivity contribution < 1.29 is 13.2 Å². The first-order chi connectivity index (χ1) is 8.37. The minimum atomic E-state index is -3.00. The maximum atomic E-state index is 12.0. The van der Waals surface area contributed by atoms with E-state index >= 15 is 0 Å². The Kier molecular flexibility index (Phi) is 3.29. The van der Waals surface area contributed by atoms with Gasteiger partial charge in [0.15, 0.2) is 9.84 Å². The lowest BCUT2D eigenvalue weighted by molar-refractivity contribution is -0.133. The molecule has 1 fully saturated rings.